The molecule has 2 N–H and O–H groups in total. The molecule has 1 heterocycles. The Morgan fingerprint density at radius 1 is 1.03 bits per heavy atom. The van der Waals surface area contributed by atoms with Gasteiger partial charge in [0, 0.05) is 22.6 Å². The average Bonchev–Trinajstić information content (AvgIpc) is 3.02. The van der Waals surface area contributed by atoms with Crippen molar-refractivity contribution in [2.75, 3.05) is 10.7 Å². The van der Waals surface area contributed by atoms with Crippen LogP contribution in [0, 0.1) is 25.2 Å². The van der Waals surface area contributed by atoms with Gasteiger partial charge < -0.3 is 5.32 Å². The van der Waals surface area contributed by atoms with Crippen LogP contribution >= 0.6 is 23.2 Å². The van der Waals surface area contributed by atoms with Crippen LogP contribution in [0.1, 0.15) is 27.3 Å². The molecule has 6 nitrogen and oxygen atoms in total. The molecule has 8 heteroatoms. The van der Waals surface area contributed by atoms with Crippen LogP contribution in [-0.2, 0) is 4.79 Å². The van der Waals surface area contributed by atoms with Gasteiger partial charge >= 0.3 is 0 Å². The second kappa shape index (κ2) is 9.52. The minimum atomic E-state index is -0.584. The third-order valence-corrected chi connectivity index (χ3v) is 5.30. The quantitative estimate of drug-likeness (QED) is 0.404. The lowest BCUT2D eigenvalue weighted by molar-refractivity contribution is -0.112. The molecule has 0 spiro atoms. The van der Waals surface area contributed by atoms with E-state index in [0.717, 1.165) is 5.69 Å². The van der Waals surface area contributed by atoms with E-state index in [9.17, 15) is 14.9 Å². The van der Waals surface area contributed by atoms with E-state index in [2.05, 4.69) is 10.7 Å². The maximum absolute atomic E-state index is 12.6. The zero-order chi connectivity index (χ0) is 22.5. The maximum Gasteiger partial charge on any atom is 0.270 e. The molecule has 0 radical (unpaired) electrons. The molecule has 31 heavy (non-hydrogen) atoms. The van der Waals surface area contributed by atoms with Gasteiger partial charge in [0.15, 0.2) is 0 Å². The van der Waals surface area contributed by atoms with Crippen molar-refractivity contribution in [2.24, 2.45) is 0 Å². The standard InChI is InChI=1S/C23H18Cl2N4O2/c1-14-10-17(15(2)29(14)28-23(31)16-6-4-3-5-7-16)11-18(13-26)22(30)27-19-8-9-20(24)21(25)12-19/h3-12H,1-2H3,(H,27,30)(H,28,31)/b18-11-. The van der Waals surface area contributed by atoms with Crippen molar-refractivity contribution >= 4 is 46.8 Å². The molecule has 0 aliphatic carbocycles. The molecule has 156 valence electrons. The molecule has 0 fully saturated rings. The van der Waals surface area contributed by atoms with Crippen LogP contribution in [-0.4, -0.2) is 16.5 Å². The summed E-state index contributed by atoms with van der Waals surface area (Å²) in [6.45, 7) is 3.60. The van der Waals surface area contributed by atoms with E-state index < -0.39 is 5.91 Å². The van der Waals surface area contributed by atoms with E-state index in [1.165, 1.54) is 12.1 Å². The summed E-state index contributed by atoms with van der Waals surface area (Å²) in [5.41, 5.74) is 5.72. The van der Waals surface area contributed by atoms with Crippen molar-refractivity contribution in [2.45, 2.75) is 13.8 Å². The SMILES string of the molecule is Cc1cc(/C=C(/C#N)C(=O)Nc2ccc(Cl)c(Cl)c2)c(C)n1NC(=O)c1ccccc1. The van der Waals surface area contributed by atoms with Gasteiger partial charge in [-0.3, -0.25) is 19.7 Å². The highest BCUT2D eigenvalue weighted by molar-refractivity contribution is 6.42. The summed E-state index contributed by atoms with van der Waals surface area (Å²) in [6.07, 6.45) is 1.47. The zero-order valence-electron chi connectivity index (χ0n) is 16.7. The Bertz CT molecular complexity index is 1220. The molecule has 0 saturated heterocycles. The highest BCUT2D eigenvalue weighted by Crippen LogP contribution is 2.25. The summed E-state index contributed by atoms with van der Waals surface area (Å²) in [4.78, 5) is 25.0. The van der Waals surface area contributed by atoms with Crippen LogP contribution < -0.4 is 10.7 Å². The molecule has 3 aromatic rings. The van der Waals surface area contributed by atoms with Crippen molar-refractivity contribution in [3.63, 3.8) is 0 Å². The maximum atomic E-state index is 12.6. The molecular weight excluding hydrogens is 435 g/mol. The summed E-state index contributed by atoms with van der Waals surface area (Å²) < 4.78 is 1.62. The predicted molar refractivity (Wildman–Crippen MR) is 123 cm³/mol. The van der Waals surface area contributed by atoms with Crippen molar-refractivity contribution in [1.82, 2.24) is 4.68 Å². The van der Waals surface area contributed by atoms with Gasteiger partial charge in [0.2, 0.25) is 0 Å². The fourth-order valence-corrected chi connectivity index (χ4v) is 3.24. The highest BCUT2D eigenvalue weighted by Gasteiger charge is 2.15. The molecule has 3 rings (SSSR count). The Morgan fingerprint density at radius 3 is 2.39 bits per heavy atom. The number of hydrogen-bond donors (Lipinski definition) is 2. The summed E-state index contributed by atoms with van der Waals surface area (Å²) in [5.74, 6) is -0.852. The van der Waals surface area contributed by atoms with E-state index in [4.69, 9.17) is 23.2 Å². The first-order valence-corrected chi connectivity index (χ1v) is 9.99. The lowest BCUT2D eigenvalue weighted by atomic mass is 10.1. The van der Waals surface area contributed by atoms with Gasteiger partial charge in [0.05, 0.1) is 10.0 Å². The number of carbonyl (C=O) groups is 2. The lowest BCUT2D eigenvalue weighted by Crippen LogP contribution is -2.24. The summed E-state index contributed by atoms with van der Waals surface area (Å²) >= 11 is 11.9. The normalized spacial score (nSPS) is 11.0. The molecule has 0 bridgehead atoms. The number of nitrogens with one attached hydrogen (secondary N) is 2. The second-order valence-electron chi connectivity index (χ2n) is 6.72. The van der Waals surface area contributed by atoms with Gasteiger partial charge in [-0.25, -0.2) is 0 Å². The average molecular weight is 453 g/mol. The first kappa shape index (κ1) is 22.2. The van der Waals surface area contributed by atoms with Crippen molar-refractivity contribution in [3.05, 3.63) is 92.7 Å². The summed E-state index contributed by atoms with van der Waals surface area (Å²) in [7, 11) is 0. The highest BCUT2D eigenvalue weighted by atomic mass is 35.5. The molecule has 0 atom stereocenters. The van der Waals surface area contributed by atoms with E-state index >= 15 is 0 Å². The minimum absolute atomic E-state index is 0.0966. The lowest BCUT2D eigenvalue weighted by Gasteiger charge is -2.11. The van der Waals surface area contributed by atoms with Gasteiger partial charge in [-0.15, -0.1) is 0 Å². The van der Waals surface area contributed by atoms with Crippen LogP contribution in [0.25, 0.3) is 6.08 Å². The smallest absolute Gasteiger partial charge is 0.270 e. The largest absolute Gasteiger partial charge is 0.321 e. The third-order valence-electron chi connectivity index (χ3n) is 4.56. The van der Waals surface area contributed by atoms with Crippen LogP contribution in [0.3, 0.4) is 0 Å². The predicted octanol–water partition coefficient (Wildman–Crippen LogP) is 5.34. The molecule has 2 aromatic carbocycles. The van der Waals surface area contributed by atoms with Gasteiger partial charge in [0.1, 0.15) is 11.6 Å². The Hall–Kier alpha value is -3.53. The molecule has 0 aliphatic heterocycles. The molecule has 1 aromatic heterocycles. The molecular formula is C23H18Cl2N4O2. The Kier molecular flexibility index (Phi) is 6.81. The molecule has 0 saturated carbocycles. The number of hydrogen-bond acceptors (Lipinski definition) is 3. The molecule has 2 amide bonds. The number of carbonyl (C=O) groups excluding carboxylic acids is 2. The van der Waals surface area contributed by atoms with E-state index in [1.54, 1.807) is 54.1 Å². The summed E-state index contributed by atoms with van der Waals surface area (Å²) in [5, 5.41) is 12.8. The van der Waals surface area contributed by atoms with Crippen LogP contribution in [0.2, 0.25) is 10.0 Å². The number of amides is 2. The second-order valence-corrected chi connectivity index (χ2v) is 7.54. The number of halogens is 2. The van der Waals surface area contributed by atoms with Crippen molar-refractivity contribution in [3.8, 4) is 6.07 Å². The number of nitriles is 1. The first-order valence-electron chi connectivity index (χ1n) is 9.23. The Labute approximate surface area is 189 Å². The van der Waals surface area contributed by atoms with Gasteiger partial charge in [-0.05, 0) is 61.9 Å². The van der Waals surface area contributed by atoms with Gasteiger partial charge in [0.25, 0.3) is 11.8 Å². The van der Waals surface area contributed by atoms with E-state index in [-0.39, 0.29) is 11.5 Å². The number of aromatic nitrogens is 1. The number of rotatable bonds is 5. The minimum Gasteiger partial charge on any atom is -0.321 e. The van der Waals surface area contributed by atoms with Gasteiger partial charge in [-0.2, -0.15) is 5.26 Å². The van der Waals surface area contributed by atoms with E-state index in [1.807, 2.05) is 19.1 Å². The van der Waals surface area contributed by atoms with Crippen molar-refractivity contribution in [1.29, 1.82) is 5.26 Å². The Balaban J connectivity index is 1.83. The number of nitrogens with zero attached hydrogens (tertiary/aromatic N) is 2. The molecule has 0 aliphatic rings. The summed E-state index contributed by atoms with van der Waals surface area (Å²) in [6, 6.07) is 17.2. The number of anilines is 1. The fourth-order valence-electron chi connectivity index (χ4n) is 2.94. The zero-order valence-corrected chi connectivity index (χ0v) is 18.3. The van der Waals surface area contributed by atoms with Crippen LogP contribution in [0.4, 0.5) is 5.69 Å². The monoisotopic (exact) mass is 452 g/mol. The third kappa shape index (κ3) is 5.15. The fraction of sp³-hybridized carbons (Fsp3) is 0.0870. The van der Waals surface area contributed by atoms with Crippen LogP contribution in [0.5, 0.6) is 0 Å². The van der Waals surface area contributed by atoms with Crippen molar-refractivity contribution < 1.29 is 9.59 Å². The van der Waals surface area contributed by atoms with Crippen LogP contribution in [0.15, 0.2) is 60.2 Å². The Morgan fingerprint density at radius 2 is 1.74 bits per heavy atom. The first-order chi connectivity index (χ1) is 14.8. The van der Waals surface area contributed by atoms with Gasteiger partial charge in [-0.1, -0.05) is 41.4 Å². The number of aryl methyl sites for hydroxylation is 1. The molecule has 0 unspecified atom stereocenters. The topological polar surface area (TPSA) is 86.9 Å². The van der Waals surface area contributed by atoms with E-state index in [0.29, 0.717) is 32.6 Å². The number of benzene rings is 2.